The first-order chi connectivity index (χ1) is 12.8. The third-order valence-corrected chi connectivity index (χ3v) is 4.70. The predicted octanol–water partition coefficient (Wildman–Crippen LogP) is 4.88. The Hall–Kier alpha value is -2.82. The number of nitrogens with zero attached hydrogens (tertiary/aromatic N) is 1. The lowest BCUT2D eigenvalue weighted by molar-refractivity contribution is -0.121. The summed E-state index contributed by atoms with van der Waals surface area (Å²) in [5, 5.41) is 5.75. The highest BCUT2D eigenvalue weighted by molar-refractivity contribution is 6.01. The second-order valence-electron chi connectivity index (χ2n) is 7.55. The Morgan fingerprint density at radius 2 is 1.63 bits per heavy atom. The molecule has 3 amide bonds. The van der Waals surface area contributed by atoms with Crippen LogP contribution in [0.1, 0.15) is 37.0 Å². The lowest BCUT2D eigenvalue weighted by atomic mass is 9.99. The van der Waals surface area contributed by atoms with Gasteiger partial charge in [0.2, 0.25) is 5.91 Å². The van der Waals surface area contributed by atoms with Gasteiger partial charge in [-0.2, -0.15) is 0 Å². The summed E-state index contributed by atoms with van der Waals surface area (Å²) < 4.78 is 0. The Kier molecular flexibility index (Phi) is 5.49. The van der Waals surface area contributed by atoms with E-state index in [4.69, 9.17) is 0 Å². The standard InChI is InChI=1S/C22H27N3O2/c1-14(2)21(26)25-9-5-6-17-7-8-18(13-20(17)25)23-22(27)24-19-11-15(3)10-16(4)12-19/h7-8,10-14H,5-6,9H2,1-4H3,(H2,23,24,27). The number of hydrogen-bond donors (Lipinski definition) is 2. The van der Waals surface area contributed by atoms with Crippen LogP contribution in [0.3, 0.4) is 0 Å². The minimum absolute atomic E-state index is 0.0552. The van der Waals surface area contributed by atoms with Crippen LogP contribution in [0.4, 0.5) is 21.9 Å². The van der Waals surface area contributed by atoms with Crippen LogP contribution in [-0.4, -0.2) is 18.5 Å². The number of carbonyl (C=O) groups is 2. The van der Waals surface area contributed by atoms with Crippen molar-refractivity contribution in [3.05, 3.63) is 53.1 Å². The third kappa shape index (κ3) is 4.48. The normalized spacial score (nSPS) is 13.3. The molecule has 1 heterocycles. The predicted molar refractivity (Wildman–Crippen MR) is 111 cm³/mol. The van der Waals surface area contributed by atoms with Gasteiger partial charge in [-0.1, -0.05) is 26.0 Å². The van der Waals surface area contributed by atoms with Crippen LogP contribution >= 0.6 is 0 Å². The smallest absolute Gasteiger partial charge is 0.312 e. The SMILES string of the molecule is Cc1cc(C)cc(NC(=O)Nc2ccc3c(c2)N(C(=O)C(C)C)CCC3)c1. The van der Waals surface area contributed by atoms with Crippen LogP contribution in [0.5, 0.6) is 0 Å². The highest BCUT2D eigenvalue weighted by atomic mass is 16.2. The fraction of sp³-hybridized carbons (Fsp3) is 0.364. The molecule has 2 aromatic carbocycles. The van der Waals surface area contributed by atoms with Gasteiger partial charge in [-0.15, -0.1) is 0 Å². The van der Waals surface area contributed by atoms with Crippen LogP contribution < -0.4 is 15.5 Å². The number of carbonyl (C=O) groups excluding carboxylic acids is 2. The quantitative estimate of drug-likeness (QED) is 0.814. The molecule has 0 fully saturated rings. The highest BCUT2D eigenvalue weighted by Gasteiger charge is 2.24. The molecule has 0 saturated heterocycles. The summed E-state index contributed by atoms with van der Waals surface area (Å²) in [5.41, 5.74) is 5.70. The van der Waals surface area contributed by atoms with Gasteiger partial charge in [0.15, 0.2) is 0 Å². The van der Waals surface area contributed by atoms with Crippen molar-refractivity contribution in [2.75, 3.05) is 22.1 Å². The Morgan fingerprint density at radius 1 is 0.963 bits per heavy atom. The maximum absolute atomic E-state index is 12.5. The maximum atomic E-state index is 12.5. The molecule has 27 heavy (non-hydrogen) atoms. The number of urea groups is 1. The number of hydrogen-bond acceptors (Lipinski definition) is 2. The summed E-state index contributed by atoms with van der Waals surface area (Å²) in [5.74, 6) is 0.0632. The number of amides is 3. The highest BCUT2D eigenvalue weighted by Crippen LogP contribution is 2.31. The van der Waals surface area contributed by atoms with E-state index in [0.29, 0.717) is 5.69 Å². The van der Waals surface area contributed by atoms with E-state index in [2.05, 4.69) is 16.7 Å². The van der Waals surface area contributed by atoms with Crippen molar-refractivity contribution in [2.45, 2.75) is 40.5 Å². The minimum Gasteiger partial charge on any atom is -0.312 e. The summed E-state index contributed by atoms with van der Waals surface area (Å²) in [7, 11) is 0. The Balaban J connectivity index is 1.77. The largest absolute Gasteiger partial charge is 0.323 e. The fourth-order valence-electron chi connectivity index (χ4n) is 3.53. The van der Waals surface area contributed by atoms with E-state index in [1.165, 1.54) is 0 Å². The molecule has 2 aromatic rings. The van der Waals surface area contributed by atoms with Gasteiger partial charge in [0.1, 0.15) is 0 Å². The summed E-state index contributed by atoms with van der Waals surface area (Å²) >= 11 is 0. The van der Waals surface area contributed by atoms with Crippen molar-refractivity contribution in [1.82, 2.24) is 0 Å². The van der Waals surface area contributed by atoms with E-state index in [1.54, 1.807) is 0 Å². The summed E-state index contributed by atoms with van der Waals surface area (Å²) in [6.07, 6.45) is 1.91. The molecular formula is C22H27N3O2. The summed E-state index contributed by atoms with van der Waals surface area (Å²) in [6, 6.07) is 11.4. The topological polar surface area (TPSA) is 61.4 Å². The Labute approximate surface area is 160 Å². The van der Waals surface area contributed by atoms with Crippen molar-refractivity contribution in [1.29, 1.82) is 0 Å². The molecule has 1 aliphatic heterocycles. The summed E-state index contributed by atoms with van der Waals surface area (Å²) in [6.45, 7) is 8.55. The summed E-state index contributed by atoms with van der Waals surface area (Å²) in [4.78, 5) is 26.8. The molecule has 0 aliphatic carbocycles. The van der Waals surface area contributed by atoms with E-state index in [1.807, 2.05) is 62.9 Å². The van der Waals surface area contributed by atoms with E-state index in [-0.39, 0.29) is 17.9 Å². The molecule has 0 unspecified atom stereocenters. The molecule has 2 N–H and O–H groups in total. The van der Waals surface area contributed by atoms with Gasteiger partial charge < -0.3 is 15.5 Å². The lowest BCUT2D eigenvalue weighted by Crippen LogP contribution is -2.38. The van der Waals surface area contributed by atoms with Gasteiger partial charge in [-0.05, 0) is 67.6 Å². The zero-order chi connectivity index (χ0) is 19.6. The Morgan fingerprint density at radius 3 is 2.30 bits per heavy atom. The van der Waals surface area contributed by atoms with Crippen molar-refractivity contribution >= 4 is 29.0 Å². The van der Waals surface area contributed by atoms with Gasteiger partial charge in [0.05, 0.1) is 0 Å². The molecular weight excluding hydrogens is 338 g/mol. The van der Waals surface area contributed by atoms with Gasteiger partial charge in [-0.3, -0.25) is 4.79 Å². The number of nitrogens with one attached hydrogen (secondary N) is 2. The van der Waals surface area contributed by atoms with E-state index < -0.39 is 0 Å². The van der Waals surface area contributed by atoms with Crippen molar-refractivity contribution in [3.63, 3.8) is 0 Å². The Bertz CT molecular complexity index is 854. The number of rotatable bonds is 3. The molecule has 5 nitrogen and oxygen atoms in total. The maximum Gasteiger partial charge on any atom is 0.323 e. The van der Waals surface area contributed by atoms with E-state index >= 15 is 0 Å². The number of aryl methyl sites for hydroxylation is 3. The number of fused-ring (bicyclic) bond motifs is 1. The van der Waals surface area contributed by atoms with Crippen molar-refractivity contribution < 1.29 is 9.59 Å². The lowest BCUT2D eigenvalue weighted by Gasteiger charge is -2.31. The first kappa shape index (κ1) is 19.0. The second kappa shape index (κ2) is 7.82. The van der Waals surface area contributed by atoms with Gasteiger partial charge in [0, 0.05) is 29.5 Å². The molecule has 0 saturated carbocycles. The van der Waals surface area contributed by atoms with Gasteiger partial charge in [-0.25, -0.2) is 4.79 Å². The molecule has 0 aromatic heterocycles. The van der Waals surface area contributed by atoms with Crippen molar-refractivity contribution in [3.8, 4) is 0 Å². The minimum atomic E-state index is -0.294. The first-order valence-corrected chi connectivity index (χ1v) is 9.44. The van der Waals surface area contributed by atoms with Crippen LogP contribution in [0.25, 0.3) is 0 Å². The molecule has 5 heteroatoms. The van der Waals surface area contributed by atoms with Gasteiger partial charge >= 0.3 is 6.03 Å². The average Bonchev–Trinajstić information content (AvgIpc) is 2.59. The molecule has 0 atom stereocenters. The number of anilines is 3. The van der Waals surface area contributed by atoms with Crippen LogP contribution in [0, 0.1) is 19.8 Å². The van der Waals surface area contributed by atoms with E-state index in [0.717, 1.165) is 47.5 Å². The molecule has 3 rings (SSSR count). The van der Waals surface area contributed by atoms with Crippen LogP contribution in [-0.2, 0) is 11.2 Å². The zero-order valence-corrected chi connectivity index (χ0v) is 16.4. The third-order valence-electron chi connectivity index (χ3n) is 4.70. The molecule has 0 bridgehead atoms. The zero-order valence-electron chi connectivity index (χ0n) is 16.4. The van der Waals surface area contributed by atoms with Gasteiger partial charge in [0.25, 0.3) is 0 Å². The molecule has 1 aliphatic rings. The first-order valence-electron chi connectivity index (χ1n) is 9.44. The monoisotopic (exact) mass is 365 g/mol. The molecule has 0 spiro atoms. The average molecular weight is 365 g/mol. The van der Waals surface area contributed by atoms with Crippen LogP contribution in [0.2, 0.25) is 0 Å². The van der Waals surface area contributed by atoms with E-state index in [9.17, 15) is 9.59 Å². The van der Waals surface area contributed by atoms with Crippen molar-refractivity contribution in [2.24, 2.45) is 5.92 Å². The van der Waals surface area contributed by atoms with Crippen LogP contribution in [0.15, 0.2) is 36.4 Å². The molecule has 142 valence electrons. The number of benzene rings is 2. The second-order valence-corrected chi connectivity index (χ2v) is 7.55. The fourth-order valence-corrected chi connectivity index (χ4v) is 3.53. The molecule has 0 radical (unpaired) electrons.